The fourth-order valence-corrected chi connectivity index (χ4v) is 3.16. The van der Waals surface area contributed by atoms with Crippen molar-refractivity contribution in [1.29, 1.82) is 0 Å². The smallest absolute Gasteiger partial charge is 0.296 e. The second-order valence-corrected chi connectivity index (χ2v) is 6.18. The number of carbonyl (C=O) groups is 1. The van der Waals surface area contributed by atoms with Crippen molar-refractivity contribution in [3.63, 3.8) is 0 Å². The molecule has 1 aliphatic rings. The van der Waals surface area contributed by atoms with Gasteiger partial charge in [0.25, 0.3) is 10.1 Å². The van der Waals surface area contributed by atoms with E-state index in [0.717, 1.165) is 5.56 Å². The second kappa shape index (κ2) is 7.17. The monoisotopic (exact) mass is 332 g/mol. The van der Waals surface area contributed by atoms with Crippen molar-refractivity contribution in [2.24, 2.45) is 0 Å². The van der Waals surface area contributed by atoms with Crippen molar-refractivity contribution in [2.45, 2.75) is 13.3 Å². The molecule has 120 valence electrons. The van der Waals surface area contributed by atoms with Crippen LogP contribution in [0.4, 0.5) is 0 Å². The van der Waals surface area contributed by atoms with Crippen LogP contribution in [0.25, 0.3) is 4.91 Å². The van der Waals surface area contributed by atoms with Gasteiger partial charge in [0.05, 0.1) is 0 Å². The molecular weight excluding hydrogens is 316 g/mol. The Morgan fingerprint density at radius 1 is 1.13 bits per heavy atom. The maximum absolute atomic E-state index is 11.3. The number of aromatic nitrogens is 1. The molecule has 23 heavy (non-hydrogen) atoms. The average molecular weight is 332 g/mol. The third kappa shape index (κ3) is 4.48. The summed E-state index contributed by atoms with van der Waals surface area (Å²) in [7, 11) is -4.35. The predicted octanol–water partition coefficient (Wildman–Crippen LogP) is 2.02. The number of carbonyl (C=O) groups excluding carboxylic acids is 1. The van der Waals surface area contributed by atoms with Crippen molar-refractivity contribution in [3.05, 3.63) is 71.7 Å². The summed E-state index contributed by atoms with van der Waals surface area (Å²) < 4.78 is 31.9. The van der Waals surface area contributed by atoms with E-state index in [2.05, 4.69) is 10.3 Å². The first-order valence-corrected chi connectivity index (χ1v) is 8.25. The SMILES string of the molecule is CC(=O)NC1=C(S(=O)(=O)O)c2ccccc2C1.c1ccncc1. The molecule has 1 heterocycles. The Labute approximate surface area is 134 Å². The molecule has 0 radical (unpaired) electrons. The van der Waals surface area contributed by atoms with Crippen LogP contribution in [-0.2, 0) is 21.3 Å². The molecule has 0 saturated heterocycles. The molecule has 0 saturated carbocycles. The summed E-state index contributed by atoms with van der Waals surface area (Å²) in [6, 6.07) is 12.5. The van der Waals surface area contributed by atoms with Crippen LogP contribution in [0.2, 0.25) is 0 Å². The molecule has 7 heteroatoms. The van der Waals surface area contributed by atoms with Crippen molar-refractivity contribution in [1.82, 2.24) is 10.3 Å². The first kappa shape index (κ1) is 16.9. The van der Waals surface area contributed by atoms with Gasteiger partial charge in [-0.1, -0.05) is 30.3 Å². The van der Waals surface area contributed by atoms with Crippen LogP contribution in [0.5, 0.6) is 0 Å². The molecule has 6 nitrogen and oxygen atoms in total. The van der Waals surface area contributed by atoms with Crippen molar-refractivity contribution < 1.29 is 17.8 Å². The van der Waals surface area contributed by atoms with E-state index in [4.69, 9.17) is 0 Å². The third-order valence-electron chi connectivity index (χ3n) is 3.05. The topological polar surface area (TPSA) is 96.4 Å². The summed E-state index contributed by atoms with van der Waals surface area (Å²) in [6.07, 6.45) is 3.80. The minimum Gasteiger partial charge on any atom is -0.328 e. The summed E-state index contributed by atoms with van der Waals surface area (Å²) in [5, 5.41) is 2.45. The maximum Gasteiger partial charge on any atom is 0.296 e. The lowest BCUT2D eigenvalue weighted by molar-refractivity contribution is -0.118. The lowest BCUT2D eigenvalue weighted by Gasteiger charge is -2.05. The molecule has 0 unspecified atom stereocenters. The number of nitrogens with zero attached hydrogens (tertiary/aromatic N) is 1. The Morgan fingerprint density at radius 2 is 1.78 bits per heavy atom. The molecule has 1 aromatic carbocycles. The highest BCUT2D eigenvalue weighted by Crippen LogP contribution is 2.34. The molecule has 0 aliphatic heterocycles. The van der Waals surface area contributed by atoms with Gasteiger partial charge in [-0.25, -0.2) is 0 Å². The fraction of sp³-hybridized carbons (Fsp3) is 0.125. The summed E-state index contributed by atoms with van der Waals surface area (Å²) in [4.78, 5) is 14.6. The summed E-state index contributed by atoms with van der Waals surface area (Å²) >= 11 is 0. The van der Waals surface area contributed by atoms with Gasteiger partial charge in [0.15, 0.2) is 0 Å². The summed E-state index contributed by atoms with van der Waals surface area (Å²) in [5.74, 6) is -0.367. The normalized spacial score (nSPS) is 13.0. The van der Waals surface area contributed by atoms with Crippen LogP contribution < -0.4 is 5.32 Å². The number of fused-ring (bicyclic) bond motifs is 1. The standard InChI is InChI=1S/C11H11NO4S.C5H5N/c1-7(13)12-10-6-8-4-2-3-5-9(8)11(10)17(14,15)16;1-2-4-6-5-3-1/h2-5H,6H2,1H3,(H,12,13)(H,14,15,16);1-5H. The summed E-state index contributed by atoms with van der Waals surface area (Å²) in [6.45, 7) is 1.29. The van der Waals surface area contributed by atoms with E-state index in [1.165, 1.54) is 6.92 Å². The van der Waals surface area contributed by atoms with Crippen LogP contribution >= 0.6 is 0 Å². The highest BCUT2D eigenvalue weighted by molar-refractivity contribution is 7.95. The number of hydrogen-bond donors (Lipinski definition) is 2. The average Bonchev–Trinajstić information content (AvgIpc) is 2.86. The Kier molecular flexibility index (Phi) is 5.25. The number of nitrogens with one attached hydrogen (secondary N) is 1. The number of rotatable bonds is 2. The van der Waals surface area contributed by atoms with E-state index in [1.54, 1.807) is 36.7 Å². The van der Waals surface area contributed by atoms with Gasteiger partial charge in [0, 0.05) is 37.0 Å². The quantitative estimate of drug-likeness (QED) is 0.820. The Balaban J connectivity index is 0.000000268. The maximum atomic E-state index is 11.3. The van der Waals surface area contributed by atoms with E-state index < -0.39 is 10.1 Å². The highest BCUT2D eigenvalue weighted by atomic mass is 32.2. The molecule has 3 rings (SSSR count). The minimum absolute atomic E-state index is 0.205. The van der Waals surface area contributed by atoms with Crippen LogP contribution in [0.1, 0.15) is 18.1 Å². The Hall–Kier alpha value is -2.51. The lowest BCUT2D eigenvalue weighted by Crippen LogP contribution is -2.21. The van der Waals surface area contributed by atoms with Gasteiger partial charge < -0.3 is 5.32 Å². The Bertz CT molecular complexity index is 803. The fourth-order valence-electron chi connectivity index (χ4n) is 2.25. The van der Waals surface area contributed by atoms with Crippen molar-refractivity contribution in [3.8, 4) is 0 Å². The lowest BCUT2D eigenvalue weighted by atomic mass is 10.1. The van der Waals surface area contributed by atoms with Gasteiger partial charge in [-0.3, -0.25) is 14.3 Å². The van der Waals surface area contributed by atoms with Crippen LogP contribution in [0.15, 0.2) is 60.6 Å². The molecule has 2 N–H and O–H groups in total. The number of amides is 1. The van der Waals surface area contributed by atoms with Gasteiger partial charge in [0.1, 0.15) is 4.91 Å². The molecule has 1 aliphatic carbocycles. The van der Waals surface area contributed by atoms with Gasteiger partial charge >= 0.3 is 0 Å². The van der Waals surface area contributed by atoms with Gasteiger partial charge in [-0.15, -0.1) is 0 Å². The predicted molar refractivity (Wildman–Crippen MR) is 86.7 cm³/mol. The zero-order valence-electron chi connectivity index (χ0n) is 12.4. The van der Waals surface area contributed by atoms with E-state index in [1.807, 2.05) is 18.2 Å². The van der Waals surface area contributed by atoms with Gasteiger partial charge in [0.2, 0.25) is 5.91 Å². The van der Waals surface area contributed by atoms with E-state index in [9.17, 15) is 17.8 Å². The Morgan fingerprint density at radius 3 is 2.26 bits per heavy atom. The number of allylic oxidation sites excluding steroid dienone is 1. The van der Waals surface area contributed by atoms with Gasteiger partial charge in [-0.2, -0.15) is 8.42 Å². The van der Waals surface area contributed by atoms with E-state index >= 15 is 0 Å². The van der Waals surface area contributed by atoms with E-state index in [0.29, 0.717) is 12.0 Å². The second-order valence-electron chi connectivity index (χ2n) is 4.82. The van der Waals surface area contributed by atoms with Crippen LogP contribution in [0, 0.1) is 0 Å². The summed E-state index contributed by atoms with van der Waals surface area (Å²) in [5.41, 5.74) is 1.43. The molecular formula is C16H16N2O4S. The molecule has 0 fully saturated rings. The number of pyridine rings is 1. The molecule has 1 amide bonds. The molecule has 1 aromatic heterocycles. The molecule has 0 spiro atoms. The number of benzene rings is 1. The largest absolute Gasteiger partial charge is 0.328 e. The first-order chi connectivity index (χ1) is 10.9. The minimum atomic E-state index is -4.35. The van der Waals surface area contributed by atoms with Crippen molar-refractivity contribution >= 4 is 20.9 Å². The number of hydrogen-bond acceptors (Lipinski definition) is 4. The molecule has 0 atom stereocenters. The zero-order valence-corrected chi connectivity index (χ0v) is 13.2. The van der Waals surface area contributed by atoms with Gasteiger partial charge in [-0.05, 0) is 17.7 Å². The third-order valence-corrected chi connectivity index (χ3v) is 4.04. The van der Waals surface area contributed by atoms with Crippen LogP contribution in [0.3, 0.4) is 0 Å². The molecule has 2 aromatic rings. The van der Waals surface area contributed by atoms with E-state index in [-0.39, 0.29) is 16.5 Å². The molecule has 0 bridgehead atoms. The van der Waals surface area contributed by atoms with Crippen LogP contribution in [-0.4, -0.2) is 23.9 Å². The highest BCUT2D eigenvalue weighted by Gasteiger charge is 2.30. The zero-order chi connectivity index (χ0) is 16.9. The first-order valence-electron chi connectivity index (χ1n) is 6.81. The van der Waals surface area contributed by atoms with Crippen molar-refractivity contribution in [2.75, 3.05) is 0 Å².